The van der Waals surface area contributed by atoms with Gasteiger partial charge in [0.15, 0.2) is 0 Å². The largest absolute Gasteiger partial charge is 0.493 e. The molecule has 2 rings (SSSR count). The van der Waals surface area contributed by atoms with Crippen LogP contribution in [0.15, 0.2) is 16.6 Å². The average molecular weight is 258 g/mol. The van der Waals surface area contributed by atoms with Gasteiger partial charge in [0, 0.05) is 28.1 Å². The summed E-state index contributed by atoms with van der Waals surface area (Å²) >= 11 is 3.39. The Morgan fingerprint density at radius 2 is 2.36 bits per heavy atom. The minimum absolute atomic E-state index is 0.0153. The Morgan fingerprint density at radius 1 is 1.57 bits per heavy atom. The van der Waals surface area contributed by atoms with Gasteiger partial charge in [-0.2, -0.15) is 0 Å². The SMILES string of the molecule is N[C@@H]1CCOc2c(CO)cc(Br)cc21. The van der Waals surface area contributed by atoms with Crippen molar-refractivity contribution in [3.8, 4) is 5.75 Å². The molecule has 3 nitrogen and oxygen atoms in total. The molecule has 0 saturated heterocycles. The summed E-state index contributed by atoms with van der Waals surface area (Å²) in [6.45, 7) is 0.608. The Bertz CT molecular complexity index is 354. The van der Waals surface area contributed by atoms with Crippen LogP contribution in [0.3, 0.4) is 0 Å². The van der Waals surface area contributed by atoms with Crippen LogP contribution in [0, 0.1) is 0 Å². The fourth-order valence-corrected chi connectivity index (χ4v) is 2.21. The van der Waals surface area contributed by atoms with Crippen molar-refractivity contribution in [2.24, 2.45) is 5.73 Å². The normalized spacial score (nSPS) is 20.1. The van der Waals surface area contributed by atoms with Gasteiger partial charge in [-0.3, -0.25) is 0 Å². The number of aliphatic hydroxyl groups is 1. The summed E-state index contributed by atoms with van der Waals surface area (Å²) in [7, 11) is 0. The van der Waals surface area contributed by atoms with Crippen LogP contribution in [0.25, 0.3) is 0 Å². The van der Waals surface area contributed by atoms with E-state index in [1.807, 2.05) is 12.1 Å². The Labute approximate surface area is 91.0 Å². The highest BCUT2D eigenvalue weighted by Crippen LogP contribution is 2.36. The van der Waals surface area contributed by atoms with E-state index in [1.165, 1.54) is 0 Å². The first-order chi connectivity index (χ1) is 6.72. The third-order valence-corrected chi connectivity index (χ3v) is 2.86. The molecular weight excluding hydrogens is 246 g/mol. The third-order valence-electron chi connectivity index (χ3n) is 2.40. The number of nitrogens with two attached hydrogens (primary N) is 1. The Kier molecular flexibility index (Phi) is 2.76. The average Bonchev–Trinajstić information content (AvgIpc) is 2.18. The van der Waals surface area contributed by atoms with Gasteiger partial charge in [-0.1, -0.05) is 15.9 Å². The Morgan fingerprint density at radius 3 is 3.07 bits per heavy atom. The number of hydrogen-bond donors (Lipinski definition) is 2. The number of rotatable bonds is 1. The van der Waals surface area contributed by atoms with Crippen molar-refractivity contribution in [2.45, 2.75) is 19.1 Å². The van der Waals surface area contributed by atoms with Crippen LogP contribution in [0.4, 0.5) is 0 Å². The van der Waals surface area contributed by atoms with E-state index in [0.29, 0.717) is 6.61 Å². The minimum atomic E-state index is -0.0194. The van der Waals surface area contributed by atoms with Crippen molar-refractivity contribution in [3.05, 3.63) is 27.7 Å². The smallest absolute Gasteiger partial charge is 0.129 e. The molecule has 4 heteroatoms. The van der Waals surface area contributed by atoms with E-state index in [0.717, 1.165) is 27.8 Å². The van der Waals surface area contributed by atoms with Crippen LogP contribution >= 0.6 is 15.9 Å². The van der Waals surface area contributed by atoms with Gasteiger partial charge in [-0.05, 0) is 12.1 Å². The molecule has 0 unspecified atom stereocenters. The van der Waals surface area contributed by atoms with Gasteiger partial charge in [-0.15, -0.1) is 0 Å². The minimum Gasteiger partial charge on any atom is -0.493 e. The molecule has 0 amide bonds. The van der Waals surface area contributed by atoms with Crippen molar-refractivity contribution < 1.29 is 9.84 Å². The first-order valence-electron chi connectivity index (χ1n) is 4.54. The molecule has 1 aliphatic heterocycles. The molecule has 1 heterocycles. The second kappa shape index (κ2) is 3.88. The molecule has 1 aromatic rings. The number of benzene rings is 1. The molecule has 0 saturated carbocycles. The summed E-state index contributed by atoms with van der Waals surface area (Å²) in [5.74, 6) is 0.759. The van der Waals surface area contributed by atoms with Gasteiger partial charge in [0.2, 0.25) is 0 Å². The van der Waals surface area contributed by atoms with Crippen molar-refractivity contribution in [1.29, 1.82) is 0 Å². The molecule has 14 heavy (non-hydrogen) atoms. The molecule has 0 bridgehead atoms. The van der Waals surface area contributed by atoms with E-state index in [-0.39, 0.29) is 12.6 Å². The highest BCUT2D eigenvalue weighted by atomic mass is 79.9. The van der Waals surface area contributed by atoms with E-state index < -0.39 is 0 Å². The van der Waals surface area contributed by atoms with Gasteiger partial charge in [0.25, 0.3) is 0 Å². The van der Waals surface area contributed by atoms with Crippen molar-refractivity contribution in [3.63, 3.8) is 0 Å². The topological polar surface area (TPSA) is 55.5 Å². The standard InChI is InChI=1S/C10H12BrNO2/c11-7-3-6(5-13)10-8(4-7)9(12)1-2-14-10/h3-4,9,13H,1-2,5,12H2/t9-/m1/s1. The van der Waals surface area contributed by atoms with Crippen LogP contribution in [-0.2, 0) is 6.61 Å². The summed E-state index contributed by atoms with van der Waals surface area (Å²) in [4.78, 5) is 0. The van der Waals surface area contributed by atoms with Crippen LogP contribution in [-0.4, -0.2) is 11.7 Å². The van der Waals surface area contributed by atoms with E-state index in [4.69, 9.17) is 15.6 Å². The maximum atomic E-state index is 9.16. The van der Waals surface area contributed by atoms with Gasteiger partial charge in [0.05, 0.1) is 13.2 Å². The monoisotopic (exact) mass is 257 g/mol. The fraction of sp³-hybridized carbons (Fsp3) is 0.400. The maximum absolute atomic E-state index is 9.16. The molecule has 0 spiro atoms. The quantitative estimate of drug-likeness (QED) is 0.806. The van der Waals surface area contributed by atoms with Crippen LogP contribution in [0.5, 0.6) is 5.75 Å². The second-order valence-electron chi connectivity index (χ2n) is 3.39. The lowest BCUT2D eigenvalue weighted by Gasteiger charge is -2.25. The lowest BCUT2D eigenvalue weighted by molar-refractivity contribution is 0.242. The second-order valence-corrected chi connectivity index (χ2v) is 4.30. The van der Waals surface area contributed by atoms with E-state index in [9.17, 15) is 0 Å². The third kappa shape index (κ3) is 1.65. The Balaban J connectivity index is 2.54. The Hall–Kier alpha value is -0.580. The molecule has 3 N–H and O–H groups in total. The molecule has 76 valence electrons. The van der Waals surface area contributed by atoms with Crippen LogP contribution < -0.4 is 10.5 Å². The van der Waals surface area contributed by atoms with Gasteiger partial charge in [-0.25, -0.2) is 0 Å². The zero-order valence-electron chi connectivity index (χ0n) is 7.66. The summed E-state index contributed by atoms with van der Waals surface area (Å²) in [5.41, 5.74) is 7.73. The summed E-state index contributed by atoms with van der Waals surface area (Å²) in [6, 6.07) is 3.83. The summed E-state index contributed by atoms with van der Waals surface area (Å²) < 4.78 is 6.44. The van der Waals surface area contributed by atoms with E-state index in [1.54, 1.807) is 0 Å². The van der Waals surface area contributed by atoms with Crippen LogP contribution in [0.1, 0.15) is 23.6 Å². The fourth-order valence-electron chi connectivity index (χ4n) is 1.69. The van der Waals surface area contributed by atoms with Crippen molar-refractivity contribution >= 4 is 15.9 Å². The zero-order valence-corrected chi connectivity index (χ0v) is 9.25. The van der Waals surface area contributed by atoms with Gasteiger partial charge in [0.1, 0.15) is 5.75 Å². The molecule has 0 aromatic heterocycles. The van der Waals surface area contributed by atoms with Crippen molar-refractivity contribution in [2.75, 3.05) is 6.61 Å². The molecule has 0 radical (unpaired) electrons. The maximum Gasteiger partial charge on any atom is 0.129 e. The lowest BCUT2D eigenvalue weighted by atomic mass is 9.99. The molecular formula is C10H12BrNO2. The molecule has 1 aromatic carbocycles. The number of ether oxygens (including phenoxy) is 1. The van der Waals surface area contributed by atoms with E-state index >= 15 is 0 Å². The van der Waals surface area contributed by atoms with Gasteiger partial charge < -0.3 is 15.6 Å². The lowest BCUT2D eigenvalue weighted by Crippen LogP contribution is -2.21. The predicted octanol–water partition coefficient (Wildman–Crippen LogP) is 1.72. The number of hydrogen-bond acceptors (Lipinski definition) is 3. The number of aliphatic hydroxyl groups excluding tert-OH is 1. The predicted molar refractivity (Wildman–Crippen MR) is 57.1 cm³/mol. The van der Waals surface area contributed by atoms with Crippen LogP contribution in [0.2, 0.25) is 0 Å². The molecule has 0 aliphatic carbocycles. The number of halogens is 1. The highest BCUT2D eigenvalue weighted by molar-refractivity contribution is 9.10. The summed E-state index contributed by atoms with van der Waals surface area (Å²) in [5, 5.41) is 9.16. The zero-order chi connectivity index (χ0) is 10.1. The molecule has 1 atom stereocenters. The number of fused-ring (bicyclic) bond motifs is 1. The highest BCUT2D eigenvalue weighted by Gasteiger charge is 2.21. The van der Waals surface area contributed by atoms with Crippen molar-refractivity contribution in [1.82, 2.24) is 0 Å². The first-order valence-corrected chi connectivity index (χ1v) is 5.33. The van der Waals surface area contributed by atoms with Gasteiger partial charge >= 0.3 is 0 Å². The molecule has 1 aliphatic rings. The summed E-state index contributed by atoms with van der Waals surface area (Å²) in [6.07, 6.45) is 0.828. The van der Waals surface area contributed by atoms with E-state index in [2.05, 4.69) is 15.9 Å². The molecule has 0 fully saturated rings. The first kappa shape index (κ1) is 9.96.